The first-order valence-electron chi connectivity index (χ1n) is 5.58. The van der Waals surface area contributed by atoms with Gasteiger partial charge in [0.1, 0.15) is 0 Å². The van der Waals surface area contributed by atoms with E-state index in [0.717, 1.165) is 10.5 Å². The van der Waals surface area contributed by atoms with E-state index >= 15 is 0 Å². The van der Waals surface area contributed by atoms with Crippen LogP contribution in [0.4, 0.5) is 11.4 Å². The van der Waals surface area contributed by atoms with Crippen molar-refractivity contribution in [1.82, 2.24) is 0 Å². The van der Waals surface area contributed by atoms with Gasteiger partial charge in [-0.15, -0.1) is 11.8 Å². The summed E-state index contributed by atoms with van der Waals surface area (Å²) in [7, 11) is 0. The van der Waals surface area contributed by atoms with E-state index in [9.17, 15) is 10.1 Å². The molecule has 0 saturated carbocycles. The van der Waals surface area contributed by atoms with Crippen LogP contribution in [-0.2, 0) is 5.75 Å². The lowest BCUT2D eigenvalue weighted by atomic mass is 10.2. The molecule has 0 bridgehead atoms. The summed E-state index contributed by atoms with van der Waals surface area (Å²) in [5.41, 5.74) is 7.10. The Morgan fingerprint density at radius 2 is 1.90 bits per heavy atom. The highest BCUT2D eigenvalue weighted by atomic mass is 35.5. The molecule has 0 atom stereocenters. The molecule has 0 fully saturated rings. The van der Waals surface area contributed by atoms with Crippen LogP contribution in [0.5, 0.6) is 0 Å². The van der Waals surface area contributed by atoms with Gasteiger partial charge in [0, 0.05) is 28.5 Å². The summed E-state index contributed by atoms with van der Waals surface area (Å²) in [6, 6.07) is 9.73. The predicted octanol–water partition coefficient (Wildman–Crippen LogP) is 4.78. The molecule has 20 heavy (non-hydrogen) atoms. The number of nitro benzene ring substituents is 1. The highest BCUT2D eigenvalue weighted by Gasteiger charge is 2.10. The highest BCUT2D eigenvalue weighted by molar-refractivity contribution is 7.98. The Kier molecular flexibility index (Phi) is 4.75. The van der Waals surface area contributed by atoms with Crippen LogP contribution in [0, 0.1) is 10.1 Å². The van der Waals surface area contributed by atoms with Gasteiger partial charge in [-0.3, -0.25) is 10.1 Å². The van der Waals surface area contributed by atoms with Crippen molar-refractivity contribution in [2.75, 3.05) is 5.73 Å². The molecule has 0 radical (unpaired) electrons. The standard InChI is InChI=1S/C13H10Cl2N2O2S/c14-11-3-2-10(6-12(11)15)20-7-8-5-9(17(18)19)1-4-13(8)16/h1-6H,7,16H2. The third kappa shape index (κ3) is 3.56. The van der Waals surface area contributed by atoms with Crippen molar-refractivity contribution in [2.45, 2.75) is 10.6 Å². The smallest absolute Gasteiger partial charge is 0.269 e. The predicted molar refractivity (Wildman–Crippen MR) is 83.5 cm³/mol. The maximum absolute atomic E-state index is 10.7. The molecule has 2 N–H and O–H groups in total. The van der Waals surface area contributed by atoms with E-state index in [2.05, 4.69) is 0 Å². The number of nitrogens with two attached hydrogens (primary N) is 1. The van der Waals surface area contributed by atoms with Gasteiger partial charge in [-0.05, 0) is 29.8 Å². The van der Waals surface area contributed by atoms with Gasteiger partial charge in [0.2, 0.25) is 0 Å². The van der Waals surface area contributed by atoms with E-state index in [4.69, 9.17) is 28.9 Å². The number of benzene rings is 2. The molecule has 0 spiro atoms. The zero-order valence-corrected chi connectivity index (χ0v) is 12.5. The molecule has 2 aromatic carbocycles. The average Bonchev–Trinajstić information content (AvgIpc) is 2.41. The molecule has 0 amide bonds. The Balaban J connectivity index is 2.15. The summed E-state index contributed by atoms with van der Waals surface area (Å²) in [4.78, 5) is 11.2. The Morgan fingerprint density at radius 1 is 1.15 bits per heavy atom. The maximum atomic E-state index is 10.7. The van der Waals surface area contributed by atoms with Gasteiger partial charge in [-0.25, -0.2) is 0 Å². The van der Waals surface area contributed by atoms with E-state index in [1.54, 1.807) is 18.2 Å². The van der Waals surface area contributed by atoms with Crippen molar-refractivity contribution in [3.8, 4) is 0 Å². The van der Waals surface area contributed by atoms with E-state index in [0.29, 0.717) is 21.5 Å². The number of anilines is 1. The van der Waals surface area contributed by atoms with E-state index < -0.39 is 4.92 Å². The molecular formula is C13H10Cl2N2O2S. The van der Waals surface area contributed by atoms with Crippen LogP contribution in [0.3, 0.4) is 0 Å². The summed E-state index contributed by atoms with van der Waals surface area (Å²) in [5, 5.41) is 11.7. The summed E-state index contributed by atoms with van der Waals surface area (Å²) < 4.78 is 0. The largest absolute Gasteiger partial charge is 0.398 e. The molecule has 4 nitrogen and oxygen atoms in total. The minimum Gasteiger partial charge on any atom is -0.398 e. The van der Waals surface area contributed by atoms with Gasteiger partial charge in [-0.1, -0.05) is 23.2 Å². The molecule has 0 aliphatic carbocycles. The number of halogens is 2. The monoisotopic (exact) mass is 328 g/mol. The first kappa shape index (κ1) is 15.0. The number of hydrogen-bond acceptors (Lipinski definition) is 4. The molecule has 2 aromatic rings. The van der Waals surface area contributed by atoms with E-state index in [1.807, 2.05) is 6.07 Å². The van der Waals surface area contributed by atoms with Crippen LogP contribution in [-0.4, -0.2) is 4.92 Å². The zero-order valence-electron chi connectivity index (χ0n) is 10.2. The Labute approximate surface area is 130 Å². The van der Waals surface area contributed by atoms with Crippen LogP contribution in [0.25, 0.3) is 0 Å². The number of nitrogen functional groups attached to an aromatic ring is 1. The molecule has 0 heterocycles. The maximum Gasteiger partial charge on any atom is 0.269 e. The number of rotatable bonds is 4. The number of non-ortho nitro benzene ring substituents is 1. The fraction of sp³-hybridized carbons (Fsp3) is 0.0769. The number of nitro groups is 1. The third-order valence-electron chi connectivity index (χ3n) is 2.62. The lowest BCUT2D eigenvalue weighted by Crippen LogP contribution is -1.95. The summed E-state index contributed by atoms with van der Waals surface area (Å²) in [6.45, 7) is 0. The molecule has 7 heteroatoms. The quantitative estimate of drug-likeness (QED) is 0.379. The van der Waals surface area contributed by atoms with Gasteiger partial charge in [0.15, 0.2) is 0 Å². The zero-order chi connectivity index (χ0) is 14.7. The summed E-state index contributed by atoms with van der Waals surface area (Å²) in [6.07, 6.45) is 0. The molecule has 104 valence electrons. The molecule has 0 aliphatic heterocycles. The van der Waals surface area contributed by atoms with Gasteiger partial charge in [0.25, 0.3) is 5.69 Å². The fourth-order valence-electron chi connectivity index (χ4n) is 1.56. The van der Waals surface area contributed by atoms with Crippen molar-refractivity contribution in [3.05, 3.63) is 62.1 Å². The average molecular weight is 329 g/mol. The SMILES string of the molecule is Nc1ccc([N+](=O)[O-])cc1CSc1ccc(Cl)c(Cl)c1. The third-order valence-corrected chi connectivity index (χ3v) is 4.40. The molecule has 0 saturated heterocycles. The number of hydrogen-bond donors (Lipinski definition) is 1. The summed E-state index contributed by atoms with van der Waals surface area (Å²) in [5.74, 6) is 0.519. The van der Waals surface area contributed by atoms with Gasteiger partial charge >= 0.3 is 0 Å². The van der Waals surface area contributed by atoms with Crippen LogP contribution in [0.15, 0.2) is 41.3 Å². The Bertz CT molecular complexity index is 665. The first-order chi connectivity index (χ1) is 9.47. The minimum atomic E-state index is -0.438. The second-order valence-electron chi connectivity index (χ2n) is 4.00. The highest BCUT2D eigenvalue weighted by Crippen LogP contribution is 2.31. The Hall–Kier alpha value is -1.43. The topological polar surface area (TPSA) is 69.2 Å². The van der Waals surface area contributed by atoms with Crippen LogP contribution >= 0.6 is 35.0 Å². The second kappa shape index (κ2) is 6.35. The van der Waals surface area contributed by atoms with Crippen molar-refractivity contribution in [3.63, 3.8) is 0 Å². The van der Waals surface area contributed by atoms with Crippen molar-refractivity contribution in [2.24, 2.45) is 0 Å². The normalized spacial score (nSPS) is 10.5. The van der Waals surface area contributed by atoms with E-state index in [1.165, 1.54) is 23.9 Å². The molecule has 0 unspecified atom stereocenters. The molecular weight excluding hydrogens is 319 g/mol. The van der Waals surface area contributed by atoms with Crippen molar-refractivity contribution in [1.29, 1.82) is 0 Å². The lowest BCUT2D eigenvalue weighted by Gasteiger charge is -2.06. The van der Waals surface area contributed by atoms with Crippen molar-refractivity contribution >= 4 is 46.3 Å². The molecule has 2 rings (SSSR count). The first-order valence-corrected chi connectivity index (χ1v) is 7.32. The summed E-state index contributed by atoms with van der Waals surface area (Å²) >= 11 is 13.3. The lowest BCUT2D eigenvalue weighted by molar-refractivity contribution is -0.384. The van der Waals surface area contributed by atoms with Gasteiger partial charge in [-0.2, -0.15) is 0 Å². The number of nitrogens with zero attached hydrogens (tertiary/aromatic N) is 1. The van der Waals surface area contributed by atoms with E-state index in [-0.39, 0.29) is 5.69 Å². The van der Waals surface area contributed by atoms with Gasteiger partial charge < -0.3 is 5.73 Å². The molecule has 0 aromatic heterocycles. The fourth-order valence-corrected chi connectivity index (χ4v) is 2.86. The van der Waals surface area contributed by atoms with Crippen molar-refractivity contribution < 1.29 is 4.92 Å². The van der Waals surface area contributed by atoms with Crippen LogP contribution in [0.2, 0.25) is 10.0 Å². The van der Waals surface area contributed by atoms with Gasteiger partial charge in [0.05, 0.1) is 15.0 Å². The van der Waals surface area contributed by atoms with Crippen LogP contribution < -0.4 is 5.73 Å². The number of thioether (sulfide) groups is 1. The molecule has 0 aliphatic rings. The second-order valence-corrected chi connectivity index (χ2v) is 5.87. The minimum absolute atomic E-state index is 0.0314. The van der Waals surface area contributed by atoms with Crippen LogP contribution in [0.1, 0.15) is 5.56 Å². The Morgan fingerprint density at radius 3 is 2.55 bits per heavy atom.